The molecule has 1 aromatic rings. The number of nitrogens with one attached hydrogen (secondary N) is 1. The number of carbonyl (C=O) groups excluding carboxylic acids is 3. The lowest BCUT2D eigenvalue weighted by atomic mass is 9.60. The molecule has 1 aromatic carbocycles. The van der Waals surface area contributed by atoms with E-state index in [2.05, 4.69) is 25.7 Å². The van der Waals surface area contributed by atoms with Gasteiger partial charge in [0.15, 0.2) is 0 Å². The molecule has 4 atom stereocenters. The van der Waals surface area contributed by atoms with Crippen LogP contribution in [0, 0.1) is 11.3 Å². The monoisotopic (exact) mass is 409 g/mol. The van der Waals surface area contributed by atoms with Crippen molar-refractivity contribution in [2.75, 3.05) is 4.90 Å². The summed E-state index contributed by atoms with van der Waals surface area (Å²) < 4.78 is 0. The molecule has 2 saturated heterocycles. The number of allylic oxidation sites excluding steroid dienone is 1. The van der Waals surface area contributed by atoms with Gasteiger partial charge in [-0.3, -0.25) is 19.3 Å². The molecule has 6 heteroatoms. The van der Waals surface area contributed by atoms with Crippen LogP contribution in [0.15, 0.2) is 36.9 Å². The Hall–Kier alpha value is -2.63. The second kappa shape index (κ2) is 6.69. The summed E-state index contributed by atoms with van der Waals surface area (Å²) in [5.74, 6) is -0.0968. The van der Waals surface area contributed by atoms with Crippen molar-refractivity contribution in [3.8, 4) is 0 Å². The molecule has 0 radical (unpaired) electrons. The fourth-order valence-electron chi connectivity index (χ4n) is 5.80. The highest BCUT2D eigenvalue weighted by molar-refractivity contribution is 6.02. The zero-order valence-corrected chi connectivity index (χ0v) is 18.4. The Bertz CT molecular complexity index is 937. The van der Waals surface area contributed by atoms with Crippen LogP contribution in [0.25, 0.3) is 0 Å². The number of carbonyl (C=O) groups is 3. The van der Waals surface area contributed by atoms with Crippen molar-refractivity contribution in [2.45, 2.75) is 71.1 Å². The van der Waals surface area contributed by atoms with Gasteiger partial charge in [-0.15, -0.1) is 6.58 Å². The van der Waals surface area contributed by atoms with Gasteiger partial charge in [0.25, 0.3) is 0 Å². The molecular formula is C24H31N3O3. The topological polar surface area (TPSA) is 69.7 Å². The van der Waals surface area contributed by atoms with E-state index in [1.807, 2.05) is 44.2 Å². The Kier molecular flexibility index (Phi) is 4.60. The van der Waals surface area contributed by atoms with Gasteiger partial charge in [-0.2, -0.15) is 0 Å². The van der Waals surface area contributed by atoms with Crippen molar-refractivity contribution in [3.05, 3.63) is 42.5 Å². The first-order valence-corrected chi connectivity index (χ1v) is 10.7. The molecule has 4 rings (SSSR count). The van der Waals surface area contributed by atoms with Gasteiger partial charge >= 0.3 is 0 Å². The van der Waals surface area contributed by atoms with Crippen molar-refractivity contribution in [1.82, 2.24) is 10.2 Å². The number of benzene rings is 1. The summed E-state index contributed by atoms with van der Waals surface area (Å²) in [6.45, 7) is 13.8. The zero-order chi connectivity index (χ0) is 22.0. The number of piperazine rings is 1. The Morgan fingerprint density at radius 2 is 2.00 bits per heavy atom. The molecule has 2 fully saturated rings. The van der Waals surface area contributed by atoms with E-state index in [1.165, 1.54) is 6.92 Å². The summed E-state index contributed by atoms with van der Waals surface area (Å²) in [6.07, 6.45) is 2.39. The minimum Gasteiger partial charge on any atom is -0.342 e. The molecule has 0 bridgehead atoms. The zero-order valence-electron chi connectivity index (χ0n) is 18.4. The average molecular weight is 410 g/mol. The number of fused-ring (bicyclic) bond motifs is 5. The minimum absolute atomic E-state index is 0.0981. The maximum Gasteiger partial charge on any atom is 0.247 e. The molecule has 6 nitrogen and oxygen atoms in total. The first kappa shape index (κ1) is 20.6. The van der Waals surface area contributed by atoms with E-state index >= 15 is 0 Å². The summed E-state index contributed by atoms with van der Waals surface area (Å²) in [5.41, 5.74) is 0.762. The van der Waals surface area contributed by atoms with Gasteiger partial charge in [0.2, 0.25) is 17.7 Å². The van der Waals surface area contributed by atoms with E-state index in [4.69, 9.17) is 0 Å². The lowest BCUT2D eigenvalue weighted by molar-refractivity contribution is -0.150. The van der Waals surface area contributed by atoms with Gasteiger partial charge in [-0.25, -0.2) is 0 Å². The molecule has 1 N–H and O–H groups in total. The first-order valence-electron chi connectivity index (χ1n) is 10.7. The third kappa shape index (κ3) is 2.52. The Morgan fingerprint density at radius 3 is 2.60 bits per heavy atom. The predicted molar refractivity (Wildman–Crippen MR) is 116 cm³/mol. The molecule has 3 amide bonds. The van der Waals surface area contributed by atoms with Gasteiger partial charge in [0.05, 0.1) is 0 Å². The Labute approximate surface area is 178 Å². The fraction of sp³-hybridized carbons (Fsp3) is 0.542. The normalized spacial score (nSPS) is 30.1. The van der Waals surface area contributed by atoms with E-state index in [0.29, 0.717) is 12.8 Å². The molecule has 3 aliphatic heterocycles. The second-order valence-corrected chi connectivity index (χ2v) is 9.83. The molecule has 3 heterocycles. The van der Waals surface area contributed by atoms with Crippen LogP contribution < -0.4 is 10.2 Å². The van der Waals surface area contributed by atoms with Crippen molar-refractivity contribution in [2.24, 2.45) is 11.3 Å². The third-order valence-electron chi connectivity index (χ3n) is 7.32. The number of nitrogens with zero attached hydrogens (tertiary/aromatic N) is 2. The molecule has 160 valence electrons. The summed E-state index contributed by atoms with van der Waals surface area (Å²) in [5, 5.41) is 2.95. The van der Waals surface area contributed by atoms with Crippen LogP contribution >= 0.6 is 0 Å². The van der Waals surface area contributed by atoms with E-state index in [1.54, 1.807) is 9.80 Å². The standard InChI is InChI=1S/C24H31N3O3/c1-7-23(5,6)24-13-19-20(29)25-17(12-14(2)3)21(30)27(19)22(24)26(15(4)28)18-11-9-8-10-16(18)24/h7-11,14,17,19,22H,1,12-13H2,2-6H3,(H,25,29)/t17-,19+,22-,24+/m1/s1. The van der Waals surface area contributed by atoms with Gasteiger partial charge in [0, 0.05) is 18.0 Å². The SMILES string of the molecule is C=CC(C)(C)[C@]12C[C@H]3C(=O)N[C@H](CC(C)C)C(=O)N3[C@H]1N(C(C)=O)c1ccccc12. The Morgan fingerprint density at radius 1 is 1.33 bits per heavy atom. The highest BCUT2D eigenvalue weighted by atomic mass is 16.2. The second-order valence-electron chi connectivity index (χ2n) is 9.83. The van der Waals surface area contributed by atoms with E-state index < -0.39 is 29.1 Å². The molecule has 30 heavy (non-hydrogen) atoms. The molecule has 0 saturated carbocycles. The van der Waals surface area contributed by atoms with E-state index in [-0.39, 0.29) is 23.6 Å². The highest BCUT2D eigenvalue weighted by Crippen LogP contribution is 2.62. The smallest absolute Gasteiger partial charge is 0.247 e. The van der Waals surface area contributed by atoms with Crippen LogP contribution in [0.4, 0.5) is 5.69 Å². The molecule has 0 aliphatic carbocycles. The summed E-state index contributed by atoms with van der Waals surface area (Å²) >= 11 is 0. The van der Waals surface area contributed by atoms with Crippen LogP contribution in [-0.2, 0) is 19.8 Å². The van der Waals surface area contributed by atoms with Crippen molar-refractivity contribution >= 4 is 23.4 Å². The predicted octanol–water partition coefficient (Wildman–Crippen LogP) is 2.97. The third-order valence-corrected chi connectivity index (χ3v) is 7.32. The van der Waals surface area contributed by atoms with Crippen molar-refractivity contribution in [3.63, 3.8) is 0 Å². The lowest BCUT2D eigenvalue weighted by Crippen LogP contribution is -2.66. The molecule has 0 unspecified atom stereocenters. The summed E-state index contributed by atoms with van der Waals surface area (Å²) in [4.78, 5) is 43.1. The molecule has 3 aliphatic rings. The van der Waals surface area contributed by atoms with E-state index in [0.717, 1.165) is 11.3 Å². The molecule has 0 aromatic heterocycles. The van der Waals surface area contributed by atoms with Crippen LogP contribution in [0.2, 0.25) is 0 Å². The van der Waals surface area contributed by atoms with Crippen molar-refractivity contribution < 1.29 is 14.4 Å². The maximum absolute atomic E-state index is 13.7. The molecular weight excluding hydrogens is 378 g/mol. The average Bonchev–Trinajstić information content (AvgIpc) is 3.17. The largest absolute Gasteiger partial charge is 0.342 e. The van der Waals surface area contributed by atoms with E-state index in [9.17, 15) is 14.4 Å². The number of hydrogen-bond acceptors (Lipinski definition) is 3. The molecule has 0 spiro atoms. The van der Waals surface area contributed by atoms with Crippen LogP contribution in [-0.4, -0.2) is 40.9 Å². The summed E-state index contributed by atoms with van der Waals surface area (Å²) in [6, 6.07) is 6.68. The first-order chi connectivity index (χ1) is 14.1. The summed E-state index contributed by atoms with van der Waals surface area (Å²) in [7, 11) is 0. The lowest BCUT2D eigenvalue weighted by Gasteiger charge is -2.46. The Balaban J connectivity index is 1.95. The van der Waals surface area contributed by atoms with Gasteiger partial charge < -0.3 is 10.2 Å². The van der Waals surface area contributed by atoms with Gasteiger partial charge in [-0.05, 0) is 35.8 Å². The quantitative estimate of drug-likeness (QED) is 0.778. The number of hydrogen-bond donors (Lipinski definition) is 1. The maximum atomic E-state index is 13.7. The van der Waals surface area contributed by atoms with Gasteiger partial charge in [0.1, 0.15) is 18.2 Å². The number of anilines is 1. The number of amides is 3. The van der Waals surface area contributed by atoms with Gasteiger partial charge in [-0.1, -0.05) is 52.0 Å². The number of rotatable bonds is 4. The van der Waals surface area contributed by atoms with Crippen LogP contribution in [0.5, 0.6) is 0 Å². The highest BCUT2D eigenvalue weighted by Gasteiger charge is 2.69. The number of para-hydroxylation sites is 1. The van der Waals surface area contributed by atoms with Crippen molar-refractivity contribution in [1.29, 1.82) is 0 Å². The fourth-order valence-corrected chi connectivity index (χ4v) is 5.80. The van der Waals surface area contributed by atoms with Crippen LogP contribution in [0.3, 0.4) is 0 Å². The minimum atomic E-state index is -0.610. The van der Waals surface area contributed by atoms with Crippen LogP contribution in [0.1, 0.15) is 53.0 Å².